The Morgan fingerprint density at radius 3 is 0.899 bits per heavy atom. The molecule has 79 heavy (non-hydrogen) atoms. The lowest BCUT2D eigenvalue weighted by Crippen LogP contribution is -2.45. The van der Waals surface area contributed by atoms with Crippen LogP contribution in [0.25, 0.3) is 0 Å². The van der Waals surface area contributed by atoms with Crippen LogP contribution in [0.2, 0.25) is 0 Å². The quantitative estimate of drug-likeness (QED) is 0.0320. The summed E-state index contributed by atoms with van der Waals surface area (Å²) in [4.78, 5) is 24.6. The van der Waals surface area contributed by atoms with E-state index in [0.717, 1.165) is 38.5 Å². The molecule has 470 valence electrons. The molecule has 0 fully saturated rings. The van der Waals surface area contributed by atoms with Crippen LogP contribution in [-0.2, 0) is 14.3 Å². The topological polar surface area (TPSA) is 95.9 Å². The van der Waals surface area contributed by atoms with E-state index in [-0.39, 0.29) is 18.5 Å². The lowest BCUT2D eigenvalue weighted by atomic mass is 10.0. The van der Waals surface area contributed by atoms with E-state index in [9.17, 15) is 19.8 Å². The second-order valence-electron chi connectivity index (χ2n) is 25.3. The van der Waals surface area contributed by atoms with E-state index in [4.69, 9.17) is 4.74 Å². The molecule has 0 aliphatic carbocycles. The molecule has 0 aromatic rings. The van der Waals surface area contributed by atoms with E-state index in [2.05, 4.69) is 31.3 Å². The van der Waals surface area contributed by atoms with Crippen molar-refractivity contribution < 1.29 is 24.5 Å². The Morgan fingerprint density at radius 2 is 0.595 bits per heavy atom. The number of aliphatic hydroxyl groups is 2. The fourth-order valence-electron chi connectivity index (χ4n) is 11.8. The number of hydrogen-bond donors (Lipinski definition) is 3. The van der Waals surface area contributed by atoms with E-state index in [1.807, 2.05) is 0 Å². The van der Waals surface area contributed by atoms with Crippen molar-refractivity contribution in [2.45, 2.75) is 431 Å². The summed E-state index contributed by atoms with van der Waals surface area (Å²) in [5.74, 6) is -0.0171. The number of ether oxygens (including phenoxy) is 1. The minimum absolute atomic E-state index is 0.0154. The summed E-state index contributed by atoms with van der Waals surface area (Å²) in [6.45, 7) is 5.00. The summed E-state index contributed by atoms with van der Waals surface area (Å²) in [5, 5.41) is 23.5. The molecule has 0 aromatic carbocycles. The predicted molar refractivity (Wildman–Crippen MR) is 347 cm³/mol. The number of unbranched alkanes of at least 4 members (excludes halogenated alkanes) is 56. The molecule has 6 heteroatoms. The Kier molecular flexibility index (Phi) is 67.9. The van der Waals surface area contributed by atoms with Gasteiger partial charge in [-0.1, -0.05) is 366 Å². The zero-order chi connectivity index (χ0) is 57.1. The summed E-state index contributed by atoms with van der Waals surface area (Å²) in [5.41, 5.74) is 0. The highest BCUT2D eigenvalue weighted by atomic mass is 16.5. The molecule has 0 aromatic heterocycles. The molecular weight excluding hydrogens is 971 g/mol. The number of carbonyl (C=O) groups excluding carboxylic acids is 2. The maximum Gasteiger partial charge on any atom is 0.305 e. The van der Waals surface area contributed by atoms with Crippen LogP contribution in [-0.4, -0.2) is 47.4 Å². The molecular formula is C73H143NO5. The molecule has 0 aliphatic heterocycles. The van der Waals surface area contributed by atoms with Crippen LogP contribution < -0.4 is 5.32 Å². The number of aliphatic hydroxyl groups excluding tert-OH is 2. The fraction of sp³-hybridized carbons (Fsp3) is 0.945. The van der Waals surface area contributed by atoms with Gasteiger partial charge in [0.05, 0.1) is 25.4 Å². The first-order chi connectivity index (χ1) is 39.0. The van der Waals surface area contributed by atoms with Crippen molar-refractivity contribution in [1.82, 2.24) is 5.32 Å². The highest BCUT2D eigenvalue weighted by molar-refractivity contribution is 5.76. The number of nitrogens with one attached hydrogen (secondary N) is 1. The van der Waals surface area contributed by atoms with Gasteiger partial charge in [0.15, 0.2) is 0 Å². The van der Waals surface area contributed by atoms with Crippen LogP contribution in [0.5, 0.6) is 0 Å². The first kappa shape index (κ1) is 77.6. The van der Waals surface area contributed by atoms with Gasteiger partial charge in [0, 0.05) is 12.8 Å². The lowest BCUT2D eigenvalue weighted by molar-refractivity contribution is -0.143. The Labute approximate surface area is 495 Å². The van der Waals surface area contributed by atoms with Gasteiger partial charge >= 0.3 is 5.97 Å². The molecule has 0 heterocycles. The van der Waals surface area contributed by atoms with Crippen LogP contribution in [0.1, 0.15) is 418 Å². The number of rotatable bonds is 69. The van der Waals surface area contributed by atoms with Gasteiger partial charge in [-0.25, -0.2) is 0 Å². The van der Waals surface area contributed by atoms with Crippen molar-refractivity contribution in [2.24, 2.45) is 0 Å². The Bertz CT molecular complexity index is 1190. The zero-order valence-corrected chi connectivity index (χ0v) is 53.9. The van der Waals surface area contributed by atoms with Gasteiger partial charge in [0.2, 0.25) is 5.91 Å². The smallest absolute Gasteiger partial charge is 0.305 e. The molecule has 0 bridgehead atoms. The minimum atomic E-state index is -0.667. The molecule has 3 N–H and O–H groups in total. The van der Waals surface area contributed by atoms with Crippen LogP contribution in [0.3, 0.4) is 0 Å². The molecule has 6 nitrogen and oxygen atoms in total. The molecule has 1 amide bonds. The van der Waals surface area contributed by atoms with E-state index in [1.165, 1.54) is 347 Å². The second kappa shape index (κ2) is 69.1. The van der Waals surface area contributed by atoms with Gasteiger partial charge in [0.1, 0.15) is 0 Å². The third-order valence-electron chi connectivity index (χ3n) is 17.3. The van der Waals surface area contributed by atoms with Crippen molar-refractivity contribution >= 4 is 11.9 Å². The Morgan fingerprint density at radius 1 is 0.342 bits per heavy atom. The third kappa shape index (κ3) is 65.6. The lowest BCUT2D eigenvalue weighted by Gasteiger charge is -2.22. The summed E-state index contributed by atoms with van der Waals surface area (Å²) < 4.78 is 5.48. The number of amides is 1. The molecule has 0 aliphatic rings. The van der Waals surface area contributed by atoms with Crippen molar-refractivity contribution in [3.8, 4) is 0 Å². The monoisotopic (exact) mass is 1110 g/mol. The number of allylic oxidation sites excluding steroid dienone is 2. The van der Waals surface area contributed by atoms with Gasteiger partial charge in [-0.05, 0) is 51.4 Å². The van der Waals surface area contributed by atoms with E-state index in [0.29, 0.717) is 25.9 Å². The van der Waals surface area contributed by atoms with Gasteiger partial charge in [-0.15, -0.1) is 0 Å². The summed E-state index contributed by atoms with van der Waals surface area (Å²) in [6.07, 6.45) is 85.5. The van der Waals surface area contributed by atoms with Crippen molar-refractivity contribution in [1.29, 1.82) is 0 Å². The predicted octanol–water partition coefficient (Wildman–Crippen LogP) is 23.5. The molecule has 0 saturated carbocycles. The van der Waals surface area contributed by atoms with Crippen LogP contribution in [0.15, 0.2) is 12.2 Å². The minimum Gasteiger partial charge on any atom is -0.466 e. The molecule has 2 unspecified atom stereocenters. The van der Waals surface area contributed by atoms with Crippen molar-refractivity contribution in [3.63, 3.8) is 0 Å². The van der Waals surface area contributed by atoms with Crippen LogP contribution >= 0.6 is 0 Å². The average Bonchev–Trinajstić information content (AvgIpc) is 3.45. The first-order valence-electron chi connectivity index (χ1n) is 36.4. The molecule has 0 saturated heterocycles. The SMILES string of the molecule is CCCCCCCCCCCCCCCCCCCCCCCCCCCC(O)C(CO)NC(=O)CCCCCCCCCCC/C=C\CCCCCCCCCCCCCCOC(=O)CCCCCCCCCCCCCC. The van der Waals surface area contributed by atoms with Crippen LogP contribution in [0, 0.1) is 0 Å². The molecule has 0 radical (unpaired) electrons. The molecule has 2 atom stereocenters. The van der Waals surface area contributed by atoms with Gasteiger partial charge < -0.3 is 20.3 Å². The number of esters is 1. The maximum absolute atomic E-state index is 12.6. The fourth-order valence-corrected chi connectivity index (χ4v) is 11.8. The van der Waals surface area contributed by atoms with Gasteiger partial charge in [-0.3, -0.25) is 9.59 Å². The second-order valence-corrected chi connectivity index (χ2v) is 25.3. The largest absolute Gasteiger partial charge is 0.466 e. The highest BCUT2D eigenvalue weighted by Gasteiger charge is 2.20. The van der Waals surface area contributed by atoms with Gasteiger partial charge in [-0.2, -0.15) is 0 Å². The standard InChI is InChI=1S/C73H143NO5/c1-3-5-7-9-11-13-15-17-18-19-20-21-22-24-27-30-33-36-39-42-45-49-53-57-61-65-71(76)70(69-75)74-72(77)66-62-58-54-50-46-43-40-37-34-31-28-25-23-26-29-32-35-38-41-44-48-52-56-60-64-68-79-73(78)67-63-59-55-51-47-16-14-12-10-8-6-4-2/h25,28,70-71,75-76H,3-24,26-27,29-69H2,1-2H3,(H,74,77)/b28-25-. The van der Waals surface area contributed by atoms with Crippen molar-refractivity contribution in [3.05, 3.63) is 12.2 Å². The maximum atomic E-state index is 12.6. The summed E-state index contributed by atoms with van der Waals surface area (Å²) in [7, 11) is 0. The number of hydrogen-bond acceptors (Lipinski definition) is 5. The normalized spacial score (nSPS) is 12.5. The van der Waals surface area contributed by atoms with Gasteiger partial charge in [0.25, 0.3) is 0 Å². The molecule has 0 spiro atoms. The third-order valence-corrected chi connectivity index (χ3v) is 17.3. The van der Waals surface area contributed by atoms with Crippen LogP contribution in [0.4, 0.5) is 0 Å². The summed E-state index contributed by atoms with van der Waals surface area (Å²) in [6, 6.07) is -0.545. The summed E-state index contributed by atoms with van der Waals surface area (Å²) >= 11 is 0. The van der Waals surface area contributed by atoms with Crippen molar-refractivity contribution in [2.75, 3.05) is 13.2 Å². The van der Waals surface area contributed by atoms with E-state index >= 15 is 0 Å². The van der Waals surface area contributed by atoms with E-state index < -0.39 is 12.1 Å². The van der Waals surface area contributed by atoms with E-state index in [1.54, 1.807) is 0 Å². The average molecular weight is 1110 g/mol. The zero-order valence-electron chi connectivity index (χ0n) is 53.9. The highest BCUT2D eigenvalue weighted by Crippen LogP contribution is 2.19. The Balaban J connectivity index is 3.39. The molecule has 0 rings (SSSR count). The Hall–Kier alpha value is -1.40. The first-order valence-corrected chi connectivity index (χ1v) is 36.4. The number of carbonyl (C=O) groups is 2.